The Kier molecular flexibility index (Phi) is 6.69. The molecule has 112 valence electrons. The number of rotatable bonds is 6. The van der Waals surface area contributed by atoms with Gasteiger partial charge in [0.2, 0.25) is 10.0 Å². The van der Waals surface area contributed by atoms with Gasteiger partial charge in [-0.1, -0.05) is 57.7 Å². The first-order valence-electron chi connectivity index (χ1n) is 7.23. The van der Waals surface area contributed by atoms with Crippen molar-refractivity contribution >= 4 is 27.2 Å². The first-order chi connectivity index (χ1) is 8.92. The molecule has 0 aliphatic heterocycles. The molecule has 1 fully saturated rings. The molecule has 0 heterocycles. The van der Waals surface area contributed by atoms with Crippen molar-refractivity contribution in [3.8, 4) is 0 Å². The zero-order valence-corrected chi connectivity index (χ0v) is 13.4. The predicted octanol–water partition coefficient (Wildman–Crippen LogP) is 2.48. The molecule has 0 spiro atoms. The molecule has 1 aliphatic rings. The molecule has 0 aromatic rings. The quantitative estimate of drug-likeness (QED) is 0.740. The summed E-state index contributed by atoms with van der Waals surface area (Å²) in [6, 6.07) is 0. The average Bonchev–Trinajstić information content (AvgIpc) is 2.30. The number of nitrogens with two attached hydrogens (primary N) is 1. The van der Waals surface area contributed by atoms with E-state index in [1.54, 1.807) is 0 Å². The summed E-state index contributed by atoms with van der Waals surface area (Å²) in [6.45, 7) is 1.98. The first-order valence-corrected chi connectivity index (χ1v) is 9.29. The second-order valence-electron chi connectivity index (χ2n) is 5.49. The zero-order chi connectivity index (χ0) is 14.4. The van der Waals surface area contributed by atoms with Crippen LogP contribution < -0.4 is 10.5 Å². The molecule has 1 aliphatic carbocycles. The van der Waals surface area contributed by atoms with Gasteiger partial charge in [-0.2, -0.15) is 0 Å². The van der Waals surface area contributed by atoms with Crippen molar-refractivity contribution < 1.29 is 8.42 Å². The standard InChI is InChI=1S/C13H26N2O2S2/c1-2-3-11-19(16,17)15-13(12(14)18)9-7-5-4-6-8-10-13/h15H,2-11H2,1H3,(H2,14,18). The number of hydrogen-bond donors (Lipinski definition) is 2. The van der Waals surface area contributed by atoms with Crippen LogP contribution in [0.3, 0.4) is 0 Å². The second-order valence-corrected chi connectivity index (χ2v) is 7.77. The lowest BCUT2D eigenvalue weighted by atomic mass is 9.85. The summed E-state index contributed by atoms with van der Waals surface area (Å²) >= 11 is 5.16. The number of nitrogens with one attached hydrogen (secondary N) is 1. The van der Waals surface area contributed by atoms with Gasteiger partial charge in [0.25, 0.3) is 0 Å². The van der Waals surface area contributed by atoms with Crippen molar-refractivity contribution in [2.24, 2.45) is 5.73 Å². The molecule has 0 aromatic carbocycles. The largest absolute Gasteiger partial charge is 0.392 e. The van der Waals surface area contributed by atoms with E-state index < -0.39 is 15.6 Å². The Morgan fingerprint density at radius 3 is 2.21 bits per heavy atom. The summed E-state index contributed by atoms with van der Waals surface area (Å²) in [6.07, 6.45) is 8.42. The van der Waals surface area contributed by atoms with Crippen molar-refractivity contribution in [3.05, 3.63) is 0 Å². The van der Waals surface area contributed by atoms with E-state index in [2.05, 4.69) is 4.72 Å². The highest BCUT2D eigenvalue weighted by Crippen LogP contribution is 2.27. The van der Waals surface area contributed by atoms with Gasteiger partial charge in [-0.25, -0.2) is 13.1 Å². The molecule has 0 atom stereocenters. The third-order valence-electron chi connectivity index (χ3n) is 3.80. The minimum absolute atomic E-state index is 0.161. The van der Waals surface area contributed by atoms with Gasteiger partial charge in [0.15, 0.2) is 0 Å². The molecule has 0 unspecified atom stereocenters. The third-order valence-corrected chi connectivity index (χ3v) is 5.71. The fraction of sp³-hybridized carbons (Fsp3) is 0.923. The van der Waals surface area contributed by atoms with E-state index in [-0.39, 0.29) is 5.75 Å². The van der Waals surface area contributed by atoms with Gasteiger partial charge in [0.05, 0.1) is 16.3 Å². The summed E-state index contributed by atoms with van der Waals surface area (Å²) < 4.78 is 27.1. The molecular formula is C13H26N2O2S2. The van der Waals surface area contributed by atoms with Crippen LogP contribution in [0.5, 0.6) is 0 Å². The number of unbranched alkanes of at least 4 members (excludes halogenated alkanes) is 1. The van der Waals surface area contributed by atoms with Gasteiger partial charge in [-0.05, 0) is 19.3 Å². The number of hydrogen-bond acceptors (Lipinski definition) is 3. The predicted molar refractivity (Wildman–Crippen MR) is 83.7 cm³/mol. The van der Waals surface area contributed by atoms with E-state index >= 15 is 0 Å². The molecule has 0 saturated heterocycles. The van der Waals surface area contributed by atoms with Gasteiger partial charge in [0, 0.05) is 0 Å². The minimum Gasteiger partial charge on any atom is -0.392 e. The molecule has 0 radical (unpaired) electrons. The summed E-state index contributed by atoms with van der Waals surface area (Å²) in [5.74, 6) is 0.161. The lowest BCUT2D eigenvalue weighted by molar-refractivity contribution is 0.371. The molecule has 1 rings (SSSR count). The summed E-state index contributed by atoms with van der Waals surface area (Å²) in [7, 11) is -3.29. The third kappa shape index (κ3) is 5.36. The van der Waals surface area contributed by atoms with Crippen molar-refractivity contribution in [3.63, 3.8) is 0 Å². The van der Waals surface area contributed by atoms with Crippen LogP contribution in [0.15, 0.2) is 0 Å². The van der Waals surface area contributed by atoms with Gasteiger partial charge in [0.1, 0.15) is 0 Å². The van der Waals surface area contributed by atoms with Crippen LogP contribution in [0.25, 0.3) is 0 Å². The highest BCUT2D eigenvalue weighted by molar-refractivity contribution is 7.89. The molecule has 0 bridgehead atoms. The van der Waals surface area contributed by atoms with Gasteiger partial charge in [-0.3, -0.25) is 0 Å². The van der Waals surface area contributed by atoms with E-state index in [1.807, 2.05) is 6.92 Å². The highest BCUT2D eigenvalue weighted by Gasteiger charge is 2.36. The number of sulfonamides is 1. The zero-order valence-electron chi connectivity index (χ0n) is 11.8. The SMILES string of the molecule is CCCCS(=O)(=O)NC1(C(N)=S)CCCCCCC1. The Bertz CT molecular complexity index is 385. The molecule has 4 nitrogen and oxygen atoms in total. The van der Waals surface area contributed by atoms with Crippen molar-refractivity contribution in [1.29, 1.82) is 0 Å². The van der Waals surface area contributed by atoms with E-state index in [9.17, 15) is 8.42 Å². The van der Waals surface area contributed by atoms with Crippen LogP contribution in [0.1, 0.15) is 64.7 Å². The monoisotopic (exact) mass is 306 g/mol. The maximum absolute atomic E-state index is 12.1. The molecule has 0 amide bonds. The van der Waals surface area contributed by atoms with Crippen LogP contribution in [-0.4, -0.2) is 24.7 Å². The molecule has 6 heteroatoms. The van der Waals surface area contributed by atoms with Gasteiger partial charge >= 0.3 is 0 Å². The smallest absolute Gasteiger partial charge is 0.212 e. The second kappa shape index (κ2) is 7.55. The van der Waals surface area contributed by atoms with Crippen LogP contribution >= 0.6 is 12.2 Å². The molecular weight excluding hydrogens is 280 g/mol. The van der Waals surface area contributed by atoms with Crippen LogP contribution in [0.2, 0.25) is 0 Å². The minimum atomic E-state index is -3.29. The Morgan fingerprint density at radius 1 is 1.21 bits per heavy atom. The average molecular weight is 306 g/mol. The lowest BCUT2D eigenvalue weighted by Crippen LogP contribution is -2.57. The number of thiocarbonyl (C=S) groups is 1. The maximum atomic E-state index is 12.1. The summed E-state index contributed by atoms with van der Waals surface area (Å²) in [5, 5.41) is 0. The Labute approximate surface area is 122 Å². The van der Waals surface area contributed by atoms with E-state index in [4.69, 9.17) is 18.0 Å². The maximum Gasteiger partial charge on any atom is 0.212 e. The highest BCUT2D eigenvalue weighted by atomic mass is 32.2. The molecule has 0 aromatic heterocycles. The van der Waals surface area contributed by atoms with Gasteiger partial charge < -0.3 is 5.73 Å². The van der Waals surface area contributed by atoms with Crippen molar-refractivity contribution in [2.75, 3.05) is 5.75 Å². The van der Waals surface area contributed by atoms with E-state index in [1.165, 1.54) is 6.42 Å². The molecule has 19 heavy (non-hydrogen) atoms. The summed E-state index contributed by atoms with van der Waals surface area (Å²) in [5.41, 5.74) is 5.17. The van der Waals surface area contributed by atoms with E-state index in [0.29, 0.717) is 11.4 Å². The van der Waals surface area contributed by atoms with Crippen LogP contribution in [0.4, 0.5) is 0 Å². The molecule has 1 saturated carbocycles. The summed E-state index contributed by atoms with van der Waals surface area (Å²) in [4.78, 5) is 0.300. The molecule has 3 N–H and O–H groups in total. The van der Waals surface area contributed by atoms with Crippen LogP contribution in [0, 0.1) is 0 Å². The normalized spacial score (nSPS) is 20.5. The first kappa shape index (κ1) is 16.9. The Morgan fingerprint density at radius 2 is 1.74 bits per heavy atom. The van der Waals surface area contributed by atoms with Crippen LogP contribution in [-0.2, 0) is 10.0 Å². The van der Waals surface area contributed by atoms with Gasteiger partial charge in [-0.15, -0.1) is 0 Å². The van der Waals surface area contributed by atoms with Crippen molar-refractivity contribution in [1.82, 2.24) is 4.72 Å². The topological polar surface area (TPSA) is 72.2 Å². The Hall–Kier alpha value is -0.200. The van der Waals surface area contributed by atoms with Crippen molar-refractivity contribution in [2.45, 2.75) is 70.3 Å². The fourth-order valence-electron chi connectivity index (χ4n) is 2.59. The van der Waals surface area contributed by atoms with E-state index in [0.717, 1.165) is 44.9 Å². The fourth-order valence-corrected chi connectivity index (χ4v) is 4.59. The lowest BCUT2D eigenvalue weighted by Gasteiger charge is -2.35. The Balaban J connectivity index is 2.82.